The van der Waals surface area contributed by atoms with Crippen molar-refractivity contribution in [1.29, 1.82) is 0 Å². The lowest BCUT2D eigenvalue weighted by Gasteiger charge is -2.31. The van der Waals surface area contributed by atoms with Gasteiger partial charge in [-0.2, -0.15) is 0 Å². The van der Waals surface area contributed by atoms with E-state index in [0.717, 1.165) is 18.5 Å². The van der Waals surface area contributed by atoms with Gasteiger partial charge >= 0.3 is 0 Å². The maximum Gasteiger partial charge on any atom is 0.290 e. The summed E-state index contributed by atoms with van der Waals surface area (Å²) in [5, 5.41) is 7.07. The fourth-order valence-electron chi connectivity index (χ4n) is 4.17. The molecule has 6 nitrogen and oxygen atoms in total. The highest BCUT2D eigenvalue weighted by molar-refractivity contribution is 5.94. The normalized spacial score (nSPS) is 15.3. The monoisotopic (exact) mass is 449 g/mol. The number of hydrogen-bond acceptors (Lipinski definition) is 4. The zero-order valence-corrected chi connectivity index (χ0v) is 18.7. The molecule has 1 aromatic heterocycles. The summed E-state index contributed by atoms with van der Waals surface area (Å²) in [6, 6.07) is 17.9. The Morgan fingerprint density at radius 2 is 1.82 bits per heavy atom. The van der Waals surface area contributed by atoms with E-state index >= 15 is 0 Å². The van der Waals surface area contributed by atoms with Gasteiger partial charge in [-0.3, -0.25) is 9.59 Å². The summed E-state index contributed by atoms with van der Waals surface area (Å²) in [5.74, 6) is -0.788. The van der Waals surface area contributed by atoms with Crippen LogP contribution < -0.4 is 5.32 Å². The molecule has 1 unspecified atom stereocenters. The fraction of sp³-hybridized carbons (Fsp3) is 0.346. The number of piperidine rings is 1. The summed E-state index contributed by atoms with van der Waals surface area (Å²) in [7, 11) is 0. The van der Waals surface area contributed by atoms with Crippen LogP contribution in [0.15, 0.2) is 65.2 Å². The molecule has 172 valence electrons. The molecule has 2 aromatic carbocycles. The molecule has 7 heteroatoms. The van der Waals surface area contributed by atoms with E-state index < -0.39 is 5.82 Å². The van der Waals surface area contributed by atoms with Gasteiger partial charge in [-0.1, -0.05) is 47.6 Å². The first kappa shape index (κ1) is 22.7. The lowest BCUT2D eigenvalue weighted by atomic mass is 9.93. The van der Waals surface area contributed by atoms with Gasteiger partial charge in [0, 0.05) is 31.1 Å². The van der Waals surface area contributed by atoms with Gasteiger partial charge in [-0.05, 0) is 50.3 Å². The molecular formula is C26H28FN3O3. The number of likely N-dealkylation sites (tertiary alicyclic amines) is 1. The van der Waals surface area contributed by atoms with Crippen LogP contribution in [0.5, 0.6) is 0 Å². The van der Waals surface area contributed by atoms with Crippen LogP contribution in [-0.4, -0.2) is 41.0 Å². The van der Waals surface area contributed by atoms with Gasteiger partial charge in [-0.15, -0.1) is 0 Å². The van der Waals surface area contributed by atoms with E-state index in [-0.39, 0.29) is 35.1 Å². The van der Waals surface area contributed by atoms with Crippen LogP contribution in [-0.2, 0) is 6.42 Å². The summed E-state index contributed by atoms with van der Waals surface area (Å²) in [6.45, 7) is 2.98. The van der Waals surface area contributed by atoms with Crippen LogP contribution in [0.25, 0.3) is 0 Å². The van der Waals surface area contributed by atoms with Gasteiger partial charge in [0.15, 0.2) is 0 Å². The molecule has 2 amide bonds. The second kappa shape index (κ2) is 10.4. The van der Waals surface area contributed by atoms with E-state index in [0.29, 0.717) is 25.9 Å². The van der Waals surface area contributed by atoms with Gasteiger partial charge < -0.3 is 14.7 Å². The topological polar surface area (TPSA) is 75.4 Å². The first-order valence-corrected chi connectivity index (χ1v) is 11.4. The Kier molecular flexibility index (Phi) is 7.17. The molecule has 0 radical (unpaired) electrons. The average molecular weight is 450 g/mol. The first-order valence-electron chi connectivity index (χ1n) is 11.4. The molecule has 1 aliphatic heterocycles. The predicted molar refractivity (Wildman–Crippen MR) is 122 cm³/mol. The van der Waals surface area contributed by atoms with E-state index in [9.17, 15) is 14.0 Å². The zero-order chi connectivity index (χ0) is 23.2. The molecule has 1 atom stereocenters. The van der Waals surface area contributed by atoms with Crippen LogP contribution in [0.2, 0.25) is 0 Å². The smallest absolute Gasteiger partial charge is 0.290 e. The summed E-state index contributed by atoms with van der Waals surface area (Å²) in [4.78, 5) is 26.8. The number of rotatable bonds is 7. The van der Waals surface area contributed by atoms with Crippen molar-refractivity contribution in [2.45, 2.75) is 44.6 Å². The molecular weight excluding hydrogens is 421 g/mol. The largest absolute Gasteiger partial charge is 0.351 e. The highest BCUT2D eigenvalue weighted by Gasteiger charge is 2.28. The molecule has 4 rings (SSSR count). The van der Waals surface area contributed by atoms with E-state index in [4.69, 9.17) is 4.52 Å². The zero-order valence-electron chi connectivity index (χ0n) is 18.7. The number of nitrogens with one attached hydrogen (secondary N) is 1. The Bertz CT molecular complexity index is 1090. The van der Waals surface area contributed by atoms with E-state index in [1.165, 1.54) is 17.7 Å². The van der Waals surface area contributed by atoms with E-state index in [1.807, 2.05) is 25.1 Å². The molecule has 0 spiro atoms. The minimum atomic E-state index is -0.505. The Hall–Kier alpha value is -3.48. The minimum absolute atomic E-state index is 0.00103. The number of aryl methyl sites for hydroxylation is 1. The number of carbonyl (C=O) groups is 2. The highest BCUT2D eigenvalue weighted by atomic mass is 19.1. The molecule has 3 aromatic rings. The third-order valence-corrected chi connectivity index (χ3v) is 6.14. The molecule has 1 saturated heterocycles. The van der Waals surface area contributed by atoms with Crippen LogP contribution >= 0.6 is 0 Å². The second-order valence-electron chi connectivity index (χ2n) is 8.56. The Labute approximate surface area is 192 Å². The third-order valence-electron chi connectivity index (χ3n) is 6.14. The summed E-state index contributed by atoms with van der Waals surface area (Å²) in [6.07, 6.45) is 3.07. The van der Waals surface area contributed by atoms with Gasteiger partial charge in [0.1, 0.15) is 5.82 Å². The van der Waals surface area contributed by atoms with Crippen molar-refractivity contribution in [3.63, 3.8) is 0 Å². The van der Waals surface area contributed by atoms with Gasteiger partial charge in [-0.25, -0.2) is 4.39 Å². The Balaban J connectivity index is 1.27. The molecule has 0 aliphatic carbocycles. The number of hydrogen-bond donors (Lipinski definition) is 1. The van der Waals surface area contributed by atoms with Crippen molar-refractivity contribution in [3.05, 3.63) is 89.1 Å². The number of aromatic nitrogens is 1. The molecule has 1 N–H and O–H groups in total. The quantitative estimate of drug-likeness (QED) is 0.573. The second-order valence-corrected chi connectivity index (χ2v) is 8.56. The lowest BCUT2D eigenvalue weighted by Crippen LogP contribution is -2.38. The molecule has 1 aliphatic rings. The van der Waals surface area contributed by atoms with Crippen LogP contribution in [0.1, 0.15) is 64.3 Å². The summed E-state index contributed by atoms with van der Waals surface area (Å²) in [5.41, 5.74) is 2.05. The minimum Gasteiger partial charge on any atom is -0.351 e. The summed E-state index contributed by atoms with van der Waals surface area (Å²) >= 11 is 0. The van der Waals surface area contributed by atoms with Crippen molar-refractivity contribution >= 4 is 11.8 Å². The average Bonchev–Trinajstić information content (AvgIpc) is 3.34. The molecule has 0 bridgehead atoms. The van der Waals surface area contributed by atoms with Crippen LogP contribution in [0.4, 0.5) is 4.39 Å². The van der Waals surface area contributed by atoms with E-state index in [2.05, 4.69) is 22.6 Å². The maximum absolute atomic E-state index is 13.9. The van der Waals surface area contributed by atoms with Gasteiger partial charge in [0.2, 0.25) is 5.76 Å². The number of halogens is 1. The lowest BCUT2D eigenvalue weighted by molar-refractivity contribution is 0.0706. The Morgan fingerprint density at radius 1 is 1.12 bits per heavy atom. The van der Waals surface area contributed by atoms with E-state index in [1.54, 1.807) is 23.1 Å². The van der Waals surface area contributed by atoms with Crippen molar-refractivity contribution < 1.29 is 18.5 Å². The Morgan fingerprint density at radius 3 is 2.55 bits per heavy atom. The van der Waals surface area contributed by atoms with Crippen LogP contribution in [0, 0.1) is 5.82 Å². The molecule has 0 saturated carbocycles. The van der Waals surface area contributed by atoms with Crippen molar-refractivity contribution in [2.75, 3.05) is 13.1 Å². The molecule has 33 heavy (non-hydrogen) atoms. The molecule has 1 fully saturated rings. The van der Waals surface area contributed by atoms with Crippen LogP contribution in [0.3, 0.4) is 0 Å². The van der Waals surface area contributed by atoms with Crippen molar-refractivity contribution in [2.24, 2.45) is 0 Å². The van der Waals surface area contributed by atoms with Gasteiger partial charge in [0.05, 0.1) is 11.3 Å². The fourth-order valence-corrected chi connectivity index (χ4v) is 4.17. The third kappa shape index (κ3) is 5.66. The number of amides is 2. The molecule has 2 heterocycles. The van der Waals surface area contributed by atoms with Gasteiger partial charge in [0.25, 0.3) is 11.8 Å². The number of nitrogens with zero attached hydrogens (tertiary/aromatic N) is 2. The number of benzene rings is 2. The summed E-state index contributed by atoms with van der Waals surface area (Å²) < 4.78 is 19.2. The van der Waals surface area contributed by atoms with Crippen molar-refractivity contribution in [1.82, 2.24) is 15.4 Å². The van der Waals surface area contributed by atoms with Crippen molar-refractivity contribution in [3.8, 4) is 0 Å². The first-order chi connectivity index (χ1) is 16.0. The predicted octanol–water partition coefficient (Wildman–Crippen LogP) is 4.58. The maximum atomic E-state index is 13.9. The number of carbonyl (C=O) groups excluding carboxylic acids is 2. The SMILES string of the molecule is CC(CCc1ccccc1)NC(=O)c1cc(C2CCN(C(=O)c3ccccc3F)CC2)no1. The standard InChI is InChI=1S/C26H28FN3O3/c1-18(11-12-19-7-3-2-4-8-19)28-25(31)24-17-23(29-33-24)20-13-15-30(16-14-20)26(32)21-9-5-6-10-22(21)27/h2-10,17-18,20H,11-16H2,1H3,(H,28,31). The highest BCUT2D eigenvalue weighted by Crippen LogP contribution is 2.28.